The summed E-state index contributed by atoms with van der Waals surface area (Å²) >= 11 is 6.19. The average molecular weight is 536 g/mol. The van der Waals surface area contributed by atoms with Gasteiger partial charge in [-0.05, 0) is 48.0 Å². The van der Waals surface area contributed by atoms with Crippen molar-refractivity contribution in [3.05, 3.63) is 82.6 Å². The van der Waals surface area contributed by atoms with E-state index in [2.05, 4.69) is 20.4 Å². The molecule has 0 atom stereocenters. The molecular weight excluding hydrogens is 513 g/mol. The Kier molecular flexibility index (Phi) is 6.89. The van der Waals surface area contributed by atoms with Gasteiger partial charge in [-0.15, -0.1) is 0 Å². The molecule has 11 heteroatoms. The molecule has 0 bridgehead atoms. The fourth-order valence-corrected chi connectivity index (χ4v) is 4.25. The molecule has 5 rings (SSSR count). The van der Waals surface area contributed by atoms with E-state index in [9.17, 15) is 9.18 Å². The number of nitrogens with zero attached hydrogens (tertiary/aromatic N) is 3. The van der Waals surface area contributed by atoms with E-state index in [0.717, 1.165) is 11.3 Å². The van der Waals surface area contributed by atoms with Crippen LogP contribution in [0.25, 0.3) is 22.6 Å². The topological polar surface area (TPSA) is 103 Å². The van der Waals surface area contributed by atoms with Crippen molar-refractivity contribution in [3.8, 4) is 28.8 Å². The van der Waals surface area contributed by atoms with E-state index in [1.54, 1.807) is 36.1 Å². The standard InChI is InChI=1S/C27H23ClFN5O4/c1-36-17-7-4-15(5-8-17)14-34-20(26-30-19-9-11-22(38-3)24(29)25(19)32-26)13-23(33-34)31-27(35)16-6-10-21(37-2)18(28)12-16/h4-13H,14H2,1-3H3,(H,30,32)(H,31,33,35). The molecule has 0 fully saturated rings. The first kappa shape index (κ1) is 25.1. The van der Waals surface area contributed by atoms with Crippen molar-refractivity contribution in [2.24, 2.45) is 0 Å². The van der Waals surface area contributed by atoms with Crippen molar-refractivity contribution in [2.75, 3.05) is 26.6 Å². The number of aromatic amines is 1. The zero-order chi connectivity index (χ0) is 26.8. The van der Waals surface area contributed by atoms with Crippen molar-refractivity contribution in [3.63, 3.8) is 0 Å². The average Bonchev–Trinajstić information content (AvgIpc) is 3.53. The lowest BCUT2D eigenvalue weighted by atomic mass is 10.2. The van der Waals surface area contributed by atoms with Gasteiger partial charge < -0.3 is 24.5 Å². The predicted molar refractivity (Wildman–Crippen MR) is 142 cm³/mol. The second kappa shape index (κ2) is 10.4. The molecule has 0 aliphatic heterocycles. The van der Waals surface area contributed by atoms with Gasteiger partial charge in [-0.25, -0.2) is 9.37 Å². The Morgan fingerprint density at radius 3 is 2.42 bits per heavy atom. The summed E-state index contributed by atoms with van der Waals surface area (Å²) in [6, 6.07) is 17.1. The Morgan fingerprint density at radius 1 is 1.00 bits per heavy atom. The lowest BCUT2D eigenvalue weighted by Crippen LogP contribution is -2.13. The lowest BCUT2D eigenvalue weighted by Gasteiger charge is -2.07. The third kappa shape index (κ3) is 4.85. The molecule has 0 unspecified atom stereocenters. The number of hydrogen-bond acceptors (Lipinski definition) is 6. The maximum absolute atomic E-state index is 14.9. The van der Waals surface area contributed by atoms with Gasteiger partial charge in [0.05, 0.1) is 38.4 Å². The summed E-state index contributed by atoms with van der Waals surface area (Å²) in [6.07, 6.45) is 0. The zero-order valence-electron chi connectivity index (χ0n) is 20.7. The number of methoxy groups -OCH3 is 3. The van der Waals surface area contributed by atoms with Gasteiger partial charge in [-0.1, -0.05) is 23.7 Å². The van der Waals surface area contributed by atoms with E-state index in [1.165, 1.54) is 26.4 Å². The predicted octanol–water partition coefficient (Wildman–Crippen LogP) is 5.55. The molecule has 0 aliphatic carbocycles. The number of benzene rings is 3. The van der Waals surface area contributed by atoms with Crippen LogP contribution < -0.4 is 19.5 Å². The van der Waals surface area contributed by atoms with Crippen LogP contribution in [-0.2, 0) is 6.54 Å². The highest BCUT2D eigenvalue weighted by Crippen LogP contribution is 2.30. The minimum atomic E-state index is -0.546. The normalized spacial score (nSPS) is 11.0. The number of rotatable bonds is 8. The molecule has 1 amide bonds. The highest BCUT2D eigenvalue weighted by molar-refractivity contribution is 6.32. The van der Waals surface area contributed by atoms with Crippen LogP contribution in [0.3, 0.4) is 0 Å². The number of amides is 1. The molecule has 3 aromatic carbocycles. The molecule has 2 heterocycles. The summed E-state index contributed by atoms with van der Waals surface area (Å²) in [5, 5.41) is 7.70. The lowest BCUT2D eigenvalue weighted by molar-refractivity contribution is 0.102. The Morgan fingerprint density at radius 2 is 1.74 bits per heavy atom. The summed E-state index contributed by atoms with van der Waals surface area (Å²) in [7, 11) is 4.50. The van der Waals surface area contributed by atoms with E-state index in [0.29, 0.717) is 39.9 Å². The van der Waals surface area contributed by atoms with Gasteiger partial charge in [0.1, 0.15) is 22.7 Å². The monoisotopic (exact) mass is 535 g/mol. The fraction of sp³-hybridized carbons (Fsp3) is 0.148. The highest BCUT2D eigenvalue weighted by atomic mass is 35.5. The van der Waals surface area contributed by atoms with E-state index >= 15 is 0 Å². The third-order valence-electron chi connectivity index (χ3n) is 5.95. The van der Waals surface area contributed by atoms with Crippen molar-refractivity contribution in [2.45, 2.75) is 6.54 Å². The van der Waals surface area contributed by atoms with E-state index in [-0.39, 0.29) is 17.1 Å². The van der Waals surface area contributed by atoms with Gasteiger partial charge >= 0.3 is 0 Å². The molecule has 0 saturated heterocycles. The van der Waals surface area contributed by atoms with Crippen LogP contribution in [0.4, 0.5) is 10.2 Å². The number of carbonyl (C=O) groups is 1. The molecule has 38 heavy (non-hydrogen) atoms. The van der Waals surface area contributed by atoms with Gasteiger partial charge in [0.15, 0.2) is 23.2 Å². The molecule has 0 spiro atoms. The van der Waals surface area contributed by atoms with Gasteiger partial charge in [0, 0.05) is 11.6 Å². The van der Waals surface area contributed by atoms with Crippen LogP contribution in [-0.4, -0.2) is 47.0 Å². The van der Waals surface area contributed by atoms with Gasteiger partial charge in [-0.2, -0.15) is 5.10 Å². The molecule has 9 nitrogen and oxygen atoms in total. The van der Waals surface area contributed by atoms with Crippen LogP contribution in [0.1, 0.15) is 15.9 Å². The quantitative estimate of drug-likeness (QED) is 0.270. The number of ether oxygens (including phenoxy) is 3. The number of fused-ring (bicyclic) bond motifs is 1. The number of H-pyrrole nitrogens is 1. The summed E-state index contributed by atoms with van der Waals surface area (Å²) in [5.41, 5.74) is 2.43. The van der Waals surface area contributed by atoms with Gasteiger partial charge in [-0.3, -0.25) is 9.48 Å². The SMILES string of the molecule is COc1ccc(Cn2nc(NC(=O)c3ccc(OC)c(Cl)c3)cc2-c2nc3ccc(OC)c(F)c3[nH]2)cc1. The zero-order valence-corrected chi connectivity index (χ0v) is 21.5. The van der Waals surface area contributed by atoms with E-state index in [4.69, 9.17) is 25.8 Å². The highest BCUT2D eigenvalue weighted by Gasteiger charge is 2.19. The van der Waals surface area contributed by atoms with Crippen molar-refractivity contribution < 1.29 is 23.4 Å². The summed E-state index contributed by atoms with van der Waals surface area (Å²) < 4.78 is 32.0. The number of imidazole rings is 1. The molecule has 0 radical (unpaired) electrons. The first-order valence-corrected chi connectivity index (χ1v) is 11.9. The molecule has 194 valence electrons. The number of carbonyl (C=O) groups excluding carboxylic acids is 1. The smallest absolute Gasteiger partial charge is 0.256 e. The maximum Gasteiger partial charge on any atom is 0.256 e. The second-order valence-electron chi connectivity index (χ2n) is 8.29. The molecule has 0 saturated carbocycles. The fourth-order valence-electron chi connectivity index (χ4n) is 3.99. The Bertz CT molecular complexity index is 1630. The first-order valence-electron chi connectivity index (χ1n) is 11.5. The first-order chi connectivity index (χ1) is 18.4. The van der Waals surface area contributed by atoms with Crippen molar-refractivity contribution in [1.82, 2.24) is 19.7 Å². The summed E-state index contributed by atoms with van der Waals surface area (Å²) in [4.78, 5) is 20.5. The van der Waals surface area contributed by atoms with Crippen LogP contribution in [0.15, 0.2) is 60.7 Å². The Hall–Kier alpha value is -4.57. The molecule has 2 N–H and O–H groups in total. The van der Waals surface area contributed by atoms with Crippen molar-refractivity contribution >= 4 is 34.4 Å². The molecule has 5 aromatic rings. The van der Waals surface area contributed by atoms with Gasteiger partial charge in [0.25, 0.3) is 5.91 Å². The third-order valence-corrected chi connectivity index (χ3v) is 6.25. The largest absolute Gasteiger partial charge is 0.497 e. The van der Waals surface area contributed by atoms with E-state index in [1.807, 2.05) is 24.3 Å². The molecule has 2 aromatic heterocycles. The minimum absolute atomic E-state index is 0.102. The molecule has 0 aliphatic rings. The van der Waals surface area contributed by atoms with Crippen LogP contribution >= 0.6 is 11.6 Å². The maximum atomic E-state index is 14.9. The minimum Gasteiger partial charge on any atom is -0.497 e. The number of aromatic nitrogens is 4. The van der Waals surface area contributed by atoms with Crippen molar-refractivity contribution in [1.29, 1.82) is 0 Å². The number of halogens is 2. The van der Waals surface area contributed by atoms with Crippen LogP contribution in [0, 0.1) is 5.82 Å². The second-order valence-corrected chi connectivity index (χ2v) is 8.69. The van der Waals surface area contributed by atoms with Crippen LogP contribution in [0.2, 0.25) is 5.02 Å². The Labute approximate surface area is 222 Å². The number of hydrogen-bond donors (Lipinski definition) is 2. The number of nitrogens with one attached hydrogen (secondary N) is 2. The van der Waals surface area contributed by atoms with Crippen LogP contribution in [0.5, 0.6) is 17.2 Å². The summed E-state index contributed by atoms with van der Waals surface area (Å²) in [5.74, 6) is 0.992. The molecular formula is C27H23ClFN5O4. The summed E-state index contributed by atoms with van der Waals surface area (Å²) in [6.45, 7) is 0.354. The van der Waals surface area contributed by atoms with E-state index < -0.39 is 11.7 Å². The van der Waals surface area contributed by atoms with Gasteiger partial charge in [0.2, 0.25) is 0 Å². The Balaban J connectivity index is 1.52. The number of anilines is 1.